The molecule has 2 N–H and O–H groups in total. The van der Waals surface area contributed by atoms with Crippen LogP contribution in [0.25, 0.3) is 5.65 Å². The molecule has 0 radical (unpaired) electrons. The number of pyridine rings is 1. The van der Waals surface area contributed by atoms with Crippen molar-refractivity contribution in [3.05, 3.63) is 50.7 Å². The first-order valence-corrected chi connectivity index (χ1v) is 8.06. The molecule has 0 aromatic carbocycles. The van der Waals surface area contributed by atoms with Gasteiger partial charge in [0, 0.05) is 11.6 Å². The smallest absolute Gasteiger partial charge is 0.336 e. The van der Waals surface area contributed by atoms with E-state index in [-0.39, 0.29) is 15.6 Å². The molecule has 0 atom stereocenters. The molecule has 0 saturated carbocycles. The largest absolute Gasteiger partial charge is 0.366 e. The van der Waals surface area contributed by atoms with E-state index in [4.69, 9.17) is 5.84 Å². The summed E-state index contributed by atoms with van der Waals surface area (Å²) in [6, 6.07) is 4.87. The maximum absolute atomic E-state index is 12.4. The molecule has 3 aromatic rings. The highest BCUT2D eigenvalue weighted by Gasteiger charge is 2.28. The number of nitrogen functional groups attached to an aromatic ring is 1. The molecule has 0 spiro atoms. The van der Waals surface area contributed by atoms with Crippen LogP contribution in [0.3, 0.4) is 0 Å². The van der Waals surface area contributed by atoms with Gasteiger partial charge in [0.05, 0.1) is 4.92 Å². The fraction of sp³-hybridized carbons (Fsp3) is 0.286. The van der Waals surface area contributed by atoms with Crippen molar-refractivity contribution in [2.75, 3.05) is 5.84 Å². The van der Waals surface area contributed by atoms with Crippen molar-refractivity contribution in [1.29, 1.82) is 0 Å². The summed E-state index contributed by atoms with van der Waals surface area (Å²) in [5.74, 6) is 6.51. The van der Waals surface area contributed by atoms with Gasteiger partial charge in [-0.05, 0) is 23.9 Å². The zero-order chi connectivity index (χ0) is 18.4. The molecule has 3 aromatic heterocycles. The monoisotopic (exact) mass is 361 g/mol. The summed E-state index contributed by atoms with van der Waals surface area (Å²) in [7, 11) is 0. The van der Waals surface area contributed by atoms with E-state index in [0.717, 1.165) is 16.2 Å². The number of aromatic nitrogens is 5. The van der Waals surface area contributed by atoms with Gasteiger partial charge in [-0.2, -0.15) is 0 Å². The van der Waals surface area contributed by atoms with Crippen molar-refractivity contribution in [1.82, 2.24) is 24.3 Å². The molecule has 3 rings (SSSR count). The van der Waals surface area contributed by atoms with Crippen molar-refractivity contribution >= 4 is 23.1 Å². The molecule has 0 aliphatic rings. The lowest BCUT2D eigenvalue weighted by atomic mass is 9.96. The van der Waals surface area contributed by atoms with E-state index in [2.05, 4.69) is 15.2 Å². The SMILES string of the molecule is CC(C)(C)c1nnc(Sc2nc3ccccn3c(=O)c2[N+](=O)[O-])n1N. The second-order valence-electron chi connectivity index (χ2n) is 6.28. The molecule has 0 fully saturated rings. The van der Waals surface area contributed by atoms with Crippen molar-refractivity contribution in [2.24, 2.45) is 0 Å². The van der Waals surface area contributed by atoms with Gasteiger partial charge in [0.25, 0.3) is 0 Å². The average Bonchev–Trinajstić information content (AvgIpc) is 2.88. The van der Waals surface area contributed by atoms with E-state index in [1.54, 1.807) is 18.2 Å². The molecule has 0 aliphatic carbocycles. The Labute approximate surface area is 145 Å². The Hall–Kier alpha value is -2.95. The van der Waals surface area contributed by atoms with E-state index in [1.807, 2.05) is 20.8 Å². The van der Waals surface area contributed by atoms with Crippen molar-refractivity contribution in [3.63, 3.8) is 0 Å². The first-order valence-electron chi connectivity index (χ1n) is 7.25. The van der Waals surface area contributed by atoms with Crippen LogP contribution in [0.15, 0.2) is 39.4 Å². The van der Waals surface area contributed by atoms with Crippen molar-refractivity contribution in [2.45, 2.75) is 36.4 Å². The van der Waals surface area contributed by atoms with Crippen molar-refractivity contribution < 1.29 is 4.92 Å². The first-order chi connectivity index (χ1) is 11.7. The van der Waals surface area contributed by atoms with Gasteiger partial charge >= 0.3 is 11.2 Å². The van der Waals surface area contributed by atoms with Crippen LogP contribution in [0.5, 0.6) is 0 Å². The van der Waals surface area contributed by atoms with Gasteiger partial charge in [-0.15, -0.1) is 10.2 Å². The summed E-state index contributed by atoms with van der Waals surface area (Å²) in [5.41, 5.74) is -1.46. The van der Waals surface area contributed by atoms with Crippen LogP contribution in [0.2, 0.25) is 0 Å². The Kier molecular flexibility index (Phi) is 3.95. The van der Waals surface area contributed by atoms with Crippen LogP contribution in [0.1, 0.15) is 26.6 Å². The summed E-state index contributed by atoms with van der Waals surface area (Å²) in [6.07, 6.45) is 1.43. The van der Waals surface area contributed by atoms with E-state index >= 15 is 0 Å². The number of nitro groups is 1. The Morgan fingerprint density at radius 3 is 2.60 bits per heavy atom. The third kappa shape index (κ3) is 2.93. The lowest BCUT2D eigenvalue weighted by Gasteiger charge is -2.16. The van der Waals surface area contributed by atoms with E-state index in [0.29, 0.717) is 11.5 Å². The number of nitrogens with zero attached hydrogens (tertiary/aromatic N) is 6. The highest BCUT2D eigenvalue weighted by molar-refractivity contribution is 7.99. The Bertz CT molecular complexity index is 1040. The number of hydrogen-bond donors (Lipinski definition) is 1. The Balaban J connectivity index is 2.17. The van der Waals surface area contributed by atoms with Crippen LogP contribution in [0.4, 0.5) is 5.69 Å². The van der Waals surface area contributed by atoms with Crippen LogP contribution in [-0.2, 0) is 5.41 Å². The first kappa shape index (κ1) is 16.9. The van der Waals surface area contributed by atoms with Crippen LogP contribution < -0.4 is 11.4 Å². The molecule has 3 heterocycles. The van der Waals surface area contributed by atoms with E-state index in [9.17, 15) is 14.9 Å². The molecule has 10 nitrogen and oxygen atoms in total. The summed E-state index contributed by atoms with van der Waals surface area (Å²) in [6.45, 7) is 5.74. The van der Waals surface area contributed by atoms with Gasteiger partial charge < -0.3 is 5.84 Å². The fourth-order valence-electron chi connectivity index (χ4n) is 2.23. The Morgan fingerprint density at radius 2 is 2.00 bits per heavy atom. The second kappa shape index (κ2) is 5.84. The molecule has 0 bridgehead atoms. The van der Waals surface area contributed by atoms with Crippen LogP contribution >= 0.6 is 11.8 Å². The van der Waals surface area contributed by atoms with Gasteiger partial charge in [0.15, 0.2) is 10.9 Å². The number of nitrogens with two attached hydrogens (primary N) is 1. The standard InChI is InChI=1S/C14H15N7O3S/c1-14(2,3)12-17-18-13(20(12)15)25-10-9(21(23)24)11(22)19-7-5-4-6-8(19)16-10/h4-7H,15H2,1-3H3. The predicted octanol–water partition coefficient (Wildman–Crippen LogP) is 1.36. The normalized spacial score (nSPS) is 11.8. The van der Waals surface area contributed by atoms with Crippen molar-refractivity contribution in [3.8, 4) is 0 Å². The molecular weight excluding hydrogens is 346 g/mol. The predicted molar refractivity (Wildman–Crippen MR) is 91.1 cm³/mol. The topological polar surface area (TPSA) is 134 Å². The lowest BCUT2D eigenvalue weighted by Crippen LogP contribution is -2.24. The van der Waals surface area contributed by atoms with Crippen LogP contribution in [-0.4, -0.2) is 29.2 Å². The van der Waals surface area contributed by atoms with E-state index in [1.165, 1.54) is 10.9 Å². The summed E-state index contributed by atoms with van der Waals surface area (Å²) >= 11 is 0.833. The quantitative estimate of drug-likeness (QED) is 0.320. The minimum Gasteiger partial charge on any atom is -0.336 e. The molecule has 130 valence electrons. The minimum absolute atomic E-state index is 0.0826. The van der Waals surface area contributed by atoms with Crippen LogP contribution in [0, 0.1) is 10.1 Å². The maximum Gasteiger partial charge on any atom is 0.366 e. The molecule has 0 amide bonds. The zero-order valence-electron chi connectivity index (χ0n) is 13.7. The Morgan fingerprint density at radius 1 is 1.28 bits per heavy atom. The second-order valence-corrected chi connectivity index (χ2v) is 7.24. The summed E-state index contributed by atoms with van der Waals surface area (Å²) in [4.78, 5) is 27.3. The van der Waals surface area contributed by atoms with Gasteiger partial charge in [-0.3, -0.25) is 19.3 Å². The molecule has 11 heteroatoms. The molecular formula is C14H15N7O3S. The third-order valence-electron chi connectivity index (χ3n) is 3.38. The van der Waals surface area contributed by atoms with E-state index < -0.39 is 16.2 Å². The van der Waals surface area contributed by atoms with Gasteiger partial charge in [0.1, 0.15) is 5.65 Å². The maximum atomic E-state index is 12.4. The summed E-state index contributed by atoms with van der Waals surface area (Å²) in [5, 5.41) is 19.5. The number of rotatable bonds is 3. The average molecular weight is 361 g/mol. The number of fused-ring (bicyclic) bond motifs is 1. The molecule has 0 unspecified atom stereocenters. The highest BCUT2D eigenvalue weighted by Crippen LogP contribution is 2.31. The minimum atomic E-state index is -0.766. The zero-order valence-corrected chi connectivity index (χ0v) is 14.5. The lowest BCUT2D eigenvalue weighted by molar-refractivity contribution is -0.389. The highest BCUT2D eigenvalue weighted by atomic mass is 32.2. The molecule has 25 heavy (non-hydrogen) atoms. The van der Waals surface area contributed by atoms with Gasteiger partial charge in [0.2, 0.25) is 5.16 Å². The molecule has 0 aliphatic heterocycles. The fourth-order valence-corrected chi connectivity index (χ4v) is 3.07. The van der Waals surface area contributed by atoms with Gasteiger partial charge in [-0.25, -0.2) is 9.66 Å². The van der Waals surface area contributed by atoms with Gasteiger partial charge in [-0.1, -0.05) is 26.8 Å². The number of hydrogen-bond acceptors (Lipinski definition) is 8. The third-order valence-corrected chi connectivity index (χ3v) is 4.32. The molecule has 0 saturated heterocycles. The summed E-state index contributed by atoms with van der Waals surface area (Å²) < 4.78 is 2.37.